The van der Waals surface area contributed by atoms with Crippen LogP contribution in [0.3, 0.4) is 0 Å². The highest BCUT2D eigenvalue weighted by atomic mass is 16.2. The maximum Gasteiger partial charge on any atom is 0.283 e. The summed E-state index contributed by atoms with van der Waals surface area (Å²) < 4.78 is 1.23. The van der Waals surface area contributed by atoms with Gasteiger partial charge in [0.2, 0.25) is 11.6 Å². The third kappa shape index (κ3) is 1.56. The summed E-state index contributed by atoms with van der Waals surface area (Å²) in [6.07, 6.45) is 0. The number of benzene rings is 2. The molecule has 0 unspecified atom stereocenters. The number of aromatic amines is 1. The van der Waals surface area contributed by atoms with Crippen LogP contribution in [0.2, 0.25) is 0 Å². The zero-order chi connectivity index (χ0) is 15.3. The minimum atomic E-state index is -0.506. The zero-order valence-electron chi connectivity index (χ0n) is 11.4. The van der Waals surface area contributed by atoms with Crippen molar-refractivity contribution in [3.63, 3.8) is 0 Å². The highest BCUT2D eigenvalue weighted by Gasteiger charge is 2.34. The van der Waals surface area contributed by atoms with Gasteiger partial charge in [-0.3, -0.25) is 19.5 Å². The molecule has 0 saturated heterocycles. The molecule has 106 valence electrons. The van der Waals surface area contributed by atoms with Crippen LogP contribution in [0, 0.1) is 0 Å². The van der Waals surface area contributed by atoms with Gasteiger partial charge in [-0.15, -0.1) is 0 Å². The van der Waals surface area contributed by atoms with Crippen LogP contribution in [0.1, 0.15) is 32.0 Å². The molecular formula is C17H10N2O3. The summed E-state index contributed by atoms with van der Waals surface area (Å²) in [7, 11) is 0. The summed E-state index contributed by atoms with van der Waals surface area (Å²) in [4.78, 5) is 37.6. The van der Waals surface area contributed by atoms with Gasteiger partial charge in [0.05, 0.1) is 5.69 Å². The van der Waals surface area contributed by atoms with E-state index in [0.29, 0.717) is 11.3 Å². The number of hydrogen-bond donors (Lipinski definition) is 1. The molecule has 3 aromatic rings. The molecule has 1 aromatic heterocycles. The lowest BCUT2D eigenvalue weighted by molar-refractivity contribution is 0.0976. The van der Waals surface area contributed by atoms with Crippen LogP contribution >= 0.6 is 0 Å². The fraction of sp³-hybridized carbons (Fsp3) is 0. The van der Waals surface area contributed by atoms with Gasteiger partial charge in [-0.05, 0) is 12.1 Å². The Bertz CT molecular complexity index is 981. The maximum atomic E-state index is 12.5. The molecule has 0 radical (unpaired) electrons. The van der Waals surface area contributed by atoms with Crippen molar-refractivity contribution in [3.8, 4) is 5.69 Å². The first-order valence-corrected chi connectivity index (χ1v) is 6.77. The van der Waals surface area contributed by atoms with Crippen molar-refractivity contribution in [1.82, 2.24) is 9.78 Å². The number of ketones is 2. The summed E-state index contributed by atoms with van der Waals surface area (Å²) in [5.74, 6) is -0.752. The summed E-state index contributed by atoms with van der Waals surface area (Å²) in [6, 6.07) is 15.4. The molecule has 1 aliphatic carbocycles. The van der Waals surface area contributed by atoms with E-state index in [-0.39, 0.29) is 22.6 Å². The van der Waals surface area contributed by atoms with Crippen molar-refractivity contribution in [2.24, 2.45) is 0 Å². The van der Waals surface area contributed by atoms with Gasteiger partial charge in [0.25, 0.3) is 5.56 Å². The monoisotopic (exact) mass is 290 g/mol. The van der Waals surface area contributed by atoms with Gasteiger partial charge in [-0.1, -0.05) is 42.5 Å². The third-order valence-electron chi connectivity index (χ3n) is 3.78. The van der Waals surface area contributed by atoms with Crippen LogP contribution in [-0.2, 0) is 0 Å². The van der Waals surface area contributed by atoms with E-state index in [1.165, 1.54) is 4.68 Å². The van der Waals surface area contributed by atoms with Gasteiger partial charge >= 0.3 is 0 Å². The fourth-order valence-corrected chi connectivity index (χ4v) is 2.72. The summed E-state index contributed by atoms with van der Waals surface area (Å²) in [5, 5.41) is 2.77. The highest BCUT2D eigenvalue weighted by Crippen LogP contribution is 2.24. The Hall–Kier alpha value is -3.21. The second-order valence-electron chi connectivity index (χ2n) is 5.04. The highest BCUT2D eigenvalue weighted by molar-refractivity contribution is 6.27. The third-order valence-corrected chi connectivity index (χ3v) is 3.78. The molecule has 0 amide bonds. The van der Waals surface area contributed by atoms with Gasteiger partial charge in [0, 0.05) is 11.1 Å². The van der Waals surface area contributed by atoms with Crippen molar-refractivity contribution in [3.05, 3.63) is 87.3 Å². The first-order chi connectivity index (χ1) is 10.7. The van der Waals surface area contributed by atoms with Crippen molar-refractivity contribution < 1.29 is 9.59 Å². The first kappa shape index (κ1) is 12.5. The predicted octanol–water partition coefficient (Wildman–Crippen LogP) is 1.94. The van der Waals surface area contributed by atoms with Crippen molar-refractivity contribution in [2.45, 2.75) is 0 Å². The number of aromatic nitrogens is 2. The number of carbonyl (C=O) groups is 2. The Morgan fingerprint density at radius 1 is 0.727 bits per heavy atom. The van der Waals surface area contributed by atoms with Gasteiger partial charge in [-0.2, -0.15) is 0 Å². The van der Waals surface area contributed by atoms with Crippen LogP contribution in [-0.4, -0.2) is 21.3 Å². The van der Waals surface area contributed by atoms with E-state index in [2.05, 4.69) is 5.10 Å². The number of hydrogen-bond acceptors (Lipinski definition) is 3. The molecule has 4 rings (SSSR count). The second-order valence-corrected chi connectivity index (χ2v) is 5.04. The van der Waals surface area contributed by atoms with E-state index < -0.39 is 11.3 Å². The Morgan fingerprint density at radius 3 is 2.00 bits per heavy atom. The minimum Gasteiger partial charge on any atom is -0.288 e. The van der Waals surface area contributed by atoms with Gasteiger partial charge in [0.1, 0.15) is 11.3 Å². The number of H-pyrrole nitrogens is 1. The molecule has 5 nitrogen and oxygen atoms in total. The molecule has 2 aromatic carbocycles. The molecule has 0 fully saturated rings. The molecule has 1 heterocycles. The summed E-state index contributed by atoms with van der Waals surface area (Å²) in [6.45, 7) is 0. The molecule has 0 saturated carbocycles. The van der Waals surface area contributed by atoms with Crippen LogP contribution in [0.15, 0.2) is 59.4 Å². The molecule has 1 N–H and O–H groups in total. The number of rotatable bonds is 1. The standard InChI is InChI=1S/C17H10N2O3/c20-15-11-8-4-5-9-12(11)16(21)14-13(15)17(22)19(18-14)10-6-2-1-3-7-10/h1-9,18H. The van der Waals surface area contributed by atoms with Crippen LogP contribution in [0.25, 0.3) is 5.69 Å². The Kier molecular flexibility index (Phi) is 2.50. The normalized spacial score (nSPS) is 12.9. The number of fused-ring (bicyclic) bond motifs is 2. The average Bonchev–Trinajstić information content (AvgIpc) is 2.91. The minimum absolute atomic E-state index is 0.0533. The molecule has 0 spiro atoms. The quantitative estimate of drug-likeness (QED) is 0.582. The van der Waals surface area contributed by atoms with E-state index in [0.717, 1.165) is 0 Å². The predicted molar refractivity (Wildman–Crippen MR) is 79.7 cm³/mol. The average molecular weight is 290 g/mol. The van der Waals surface area contributed by atoms with Crippen LogP contribution < -0.4 is 5.56 Å². The van der Waals surface area contributed by atoms with E-state index in [9.17, 15) is 14.4 Å². The molecule has 0 bridgehead atoms. The van der Waals surface area contributed by atoms with Gasteiger partial charge < -0.3 is 0 Å². The maximum absolute atomic E-state index is 12.5. The summed E-state index contributed by atoms with van der Waals surface area (Å²) in [5.41, 5.74) is 0.628. The van der Waals surface area contributed by atoms with Crippen LogP contribution in [0.5, 0.6) is 0 Å². The van der Waals surface area contributed by atoms with Crippen molar-refractivity contribution in [1.29, 1.82) is 0 Å². The van der Waals surface area contributed by atoms with Crippen LogP contribution in [0.4, 0.5) is 0 Å². The Morgan fingerprint density at radius 2 is 1.32 bits per heavy atom. The number of nitrogens with zero attached hydrogens (tertiary/aromatic N) is 1. The van der Waals surface area contributed by atoms with Gasteiger partial charge in [-0.25, -0.2) is 4.68 Å². The lowest BCUT2D eigenvalue weighted by Crippen LogP contribution is -2.25. The van der Waals surface area contributed by atoms with Crippen molar-refractivity contribution >= 4 is 11.6 Å². The van der Waals surface area contributed by atoms with E-state index in [1.54, 1.807) is 48.5 Å². The lowest BCUT2D eigenvalue weighted by atomic mass is 9.88. The van der Waals surface area contributed by atoms with E-state index >= 15 is 0 Å². The smallest absolute Gasteiger partial charge is 0.283 e. The first-order valence-electron chi connectivity index (χ1n) is 6.77. The lowest BCUT2D eigenvalue weighted by Gasteiger charge is -2.11. The SMILES string of the molecule is O=C1c2ccccc2C(=O)c2c1[nH]n(-c1ccccc1)c2=O. The Labute approximate surface area is 124 Å². The number of carbonyl (C=O) groups excluding carboxylic acids is 2. The fourth-order valence-electron chi connectivity index (χ4n) is 2.72. The molecule has 0 aliphatic heterocycles. The molecule has 0 atom stereocenters. The van der Waals surface area contributed by atoms with Gasteiger partial charge in [0.15, 0.2) is 0 Å². The Balaban J connectivity index is 2.00. The zero-order valence-corrected chi connectivity index (χ0v) is 11.4. The second kappa shape index (κ2) is 4.39. The van der Waals surface area contributed by atoms with Crippen molar-refractivity contribution in [2.75, 3.05) is 0 Å². The number of para-hydroxylation sites is 1. The topological polar surface area (TPSA) is 71.9 Å². The van der Waals surface area contributed by atoms with E-state index in [4.69, 9.17) is 0 Å². The molecular weight excluding hydrogens is 280 g/mol. The molecule has 1 aliphatic rings. The molecule has 5 heteroatoms. The number of nitrogens with one attached hydrogen (secondary N) is 1. The summed E-state index contributed by atoms with van der Waals surface area (Å²) >= 11 is 0. The largest absolute Gasteiger partial charge is 0.288 e. The van der Waals surface area contributed by atoms with E-state index in [1.807, 2.05) is 6.07 Å². The molecule has 22 heavy (non-hydrogen) atoms.